The number of aromatic nitrogens is 3. The molecule has 2 heterocycles. The molecule has 11 heteroatoms. The second-order valence-electron chi connectivity index (χ2n) is 6.54. The summed E-state index contributed by atoms with van der Waals surface area (Å²) in [5.74, 6) is -0.234. The van der Waals surface area contributed by atoms with E-state index in [1.807, 2.05) is 6.92 Å². The lowest BCUT2D eigenvalue weighted by Gasteiger charge is -2.19. The molecule has 0 fully saturated rings. The van der Waals surface area contributed by atoms with Crippen molar-refractivity contribution in [2.24, 2.45) is 0 Å². The maximum absolute atomic E-state index is 13.8. The van der Waals surface area contributed by atoms with Gasteiger partial charge in [-0.3, -0.25) is 14.3 Å². The standard InChI is InChI=1S/C19H16F5N3O2S/c1-3-9(2)27-15-14(16(28)26-18(27)30)12(19(22,23)24)8-13(25-15)10-5-4-6-11(7-10)29-17(20)21/h4-9,17H,3H2,1-2H3,(H,26,28,30)/t9-/m0/s1. The molecular weight excluding hydrogens is 429 g/mol. The maximum Gasteiger partial charge on any atom is 0.417 e. The Bertz CT molecular complexity index is 1200. The van der Waals surface area contributed by atoms with Crippen molar-refractivity contribution in [1.82, 2.24) is 14.5 Å². The Morgan fingerprint density at radius 1 is 1.27 bits per heavy atom. The molecule has 5 nitrogen and oxygen atoms in total. The van der Waals surface area contributed by atoms with E-state index in [1.165, 1.54) is 22.8 Å². The fourth-order valence-corrected chi connectivity index (χ4v) is 3.40. The molecule has 0 unspecified atom stereocenters. The Morgan fingerprint density at radius 2 is 1.97 bits per heavy atom. The predicted octanol–water partition coefficient (Wildman–Crippen LogP) is 5.71. The first-order chi connectivity index (χ1) is 14.0. The number of fused-ring (bicyclic) bond motifs is 1. The number of pyridine rings is 1. The summed E-state index contributed by atoms with van der Waals surface area (Å²) in [6, 6.07) is 5.51. The Morgan fingerprint density at radius 3 is 2.57 bits per heavy atom. The molecule has 1 atom stereocenters. The van der Waals surface area contributed by atoms with Crippen molar-refractivity contribution >= 4 is 23.3 Å². The Kier molecular flexibility index (Phi) is 5.93. The molecule has 0 saturated carbocycles. The van der Waals surface area contributed by atoms with Gasteiger partial charge in [-0.25, -0.2) is 4.98 Å². The molecule has 0 radical (unpaired) electrons. The van der Waals surface area contributed by atoms with Gasteiger partial charge in [-0.15, -0.1) is 0 Å². The molecule has 2 aromatic heterocycles. The largest absolute Gasteiger partial charge is 0.435 e. The Labute approximate surface area is 172 Å². The molecule has 0 amide bonds. The highest BCUT2D eigenvalue weighted by Gasteiger charge is 2.35. The molecule has 0 aliphatic rings. The summed E-state index contributed by atoms with van der Waals surface area (Å²) >= 11 is 5.16. The molecule has 0 aliphatic heterocycles. The van der Waals surface area contributed by atoms with Gasteiger partial charge < -0.3 is 4.74 Å². The molecule has 30 heavy (non-hydrogen) atoms. The number of alkyl halides is 5. The fourth-order valence-electron chi connectivity index (χ4n) is 3.04. The number of nitrogens with zero attached hydrogens (tertiary/aromatic N) is 2. The van der Waals surface area contributed by atoms with Crippen LogP contribution in [0.1, 0.15) is 31.9 Å². The number of rotatable bonds is 5. The normalized spacial score (nSPS) is 13.1. The number of H-pyrrole nitrogens is 1. The van der Waals surface area contributed by atoms with E-state index in [9.17, 15) is 26.7 Å². The summed E-state index contributed by atoms with van der Waals surface area (Å²) in [5.41, 5.74) is -2.48. The summed E-state index contributed by atoms with van der Waals surface area (Å²) in [5, 5.41) is -0.639. The molecule has 0 spiro atoms. The van der Waals surface area contributed by atoms with Gasteiger partial charge in [0.15, 0.2) is 4.77 Å². The second kappa shape index (κ2) is 8.13. The van der Waals surface area contributed by atoms with Crippen molar-refractivity contribution in [3.63, 3.8) is 0 Å². The van der Waals surface area contributed by atoms with Crippen LogP contribution in [0.2, 0.25) is 0 Å². The van der Waals surface area contributed by atoms with E-state index in [2.05, 4.69) is 14.7 Å². The monoisotopic (exact) mass is 445 g/mol. The number of benzene rings is 1. The van der Waals surface area contributed by atoms with Crippen molar-refractivity contribution in [1.29, 1.82) is 0 Å². The van der Waals surface area contributed by atoms with Crippen molar-refractivity contribution in [2.75, 3.05) is 0 Å². The number of hydrogen-bond donors (Lipinski definition) is 1. The number of nitrogens with one attached hydrogen (secondary N) is 1. The van der Waals surface area contributed by atoms with Crippen LogP contribution >= 0.6 is 12.2 Å². The van der Waals surface area contributed by atoms with Gasteiger partial charge in [0.1, 0.15) is 11.4 Å². The number of aromatic amines is 1. The Balaban J connectivity index is 2.40. The van der Waals surface area contributed by atoms with Crippen LogP contribution in [-0.2, 0) is 6.18 Å². The minimum absolute atomic E-state index is 0.0607. The van der Waals surface area contributed by atoms with Crippen LogP contribution in [0.4, 0.5) is 22.0 Å². The van der Waals surface area contributed by atoms with E-state index in [-0.39, 0.29) is 33.5 Å². The third-order valence-corrected chi connectivity index (χ3v) is 4.89. The molecule has 3 rings (SSSR count). The van der Waals surface area contributed by atoms with E-state index < -0.39 is 29.3 Å². The average Bonchev–Trinajstić information content (AvgIpc) is 2.65. The summed E-state index contributed by atoms with van der Waals surface area (Å²) in [6.07, 6.45) is -4.35. The van der Waals surface area contributed by atoms with Gasteiger partial charge in [-0.2, -0.15) is 22.0 Å². The smallest absolute Gasteiger partial charge is 0.417 e. The van der Waals surface area contributed by atoms with Crippen LogP contribution in [0, 0.1) is 4.77 Å². The molecule has 0 aliphatic carbocycles. The van der Waals surface area contributed by atoms with Crippen molar-refractivity contribution < 1.29 is 26.7 Å². The zero-order chi connectivity index (χ0) is 22.2. The lowest BCUT2D eigenvalue weighted by Crippen LogP contribution is -2.22. The van der Waals surface area contributed by atoms with Gasteiger partial charge in [0.25, 0.3) is 5.56 Å². The first-order valence-corrected chi connectivity index (χ1v) is 9.25. The highest BCUT2D eigenvalue weighted by molar-refractivity contribution is 7.71. The maximum atomic E-state index is 13.8. The number of hydrogen-bond acceptors (Lipinski definition) is 4. The highest BCUT2D eigenvalue weighted by atomic mass is 32.1. The molecule has 160 valence electrons. The predicted molar refractivity (Wildman–Crippen MR) is 103 cm³/mol. The summed E-state index contributed by atoms with van der Waals surface area (Å²) in [4.78, 5) is 18.9. The van der Waals surface area contributed by atoms with Crippen molar-refractivity contribution in [3.8, 4) is 17.0 Å². The van der Waals surface area contributed by atoms with Gasteiger partial charge in [0.05, 0.1) is 16.6 Å². The van der Waals surface area contributed by atoms with E-state index in [0.29, 0.717) is 12.5 Å². The molecule has 1 aromatic carbocycles. The summed E-state index contributed by atoms with van der Waals surface area (Å²) in [7, 11) is 0. The fraction of sp³-hybridized carbons (Fsp3) is 0.316. The van der Waals surface area contributed by atoms with E-state index in [1.54, 1.807) is 6.92 Å². The summed E-state index contributed by atoms with van der Waals surface area (Å²) in [6.45, 7) is 0.444. The SMILES string of the molecule is CC[C@H](C)n1c(=S)[nH]c(=O)c2c(C(F)(F)F)cc(-c3cccc(OC(F)F)c3)nc21. The third kappa shape index (κ3) is 4.20. The van der Waals surface area contributed by atoms with Crippen LogP contribution in [0.3, 0.4) is 0 Å². The average molecular weight is 445 g/mol. The summed E-state index contributed by atoms with van der Waals surface area (Å²) < 4.78 is 72.1. The van der Waals surface area contributed by atoms with Crippen LogP contribution in [0.15, 0.2) is 35.1 Å². The molecule has 0 bridgehead atoms. The zero-order valence-electron chi connectivity index (χ0n) is 15.8. The number of halogens is 5. The van der Waals surface area contributed by atoms with Gasteiger partial charge >= 0.3 is 12.8 Å². The van der Waals surface area contributed by atoms with Crippen molar-refractivity contribution in [3.05, 3.63) is 51.0 Å². The Hall–Kier alpha value is -2.82. The van der Waals surface area contributed by atoms with Gasteiger partial charge in [0.2, 0.25) is 0 Å². The molecular formula is C19H16F5N3O2S. The lowest BCUT2D eigenvalue weighted by atomic mass is 10.1. The third-order valence-electron chi connectivity index (χ3n) is 4.59. The lowest BCUT2D eigenvalue weighted by molar-refractivity contribution is -0.136. The quantitative estimate of drug-likeness (QED) is 0.404. The van der Waals surface area contributed by atoms with Gasteiger partial charge in [0, 0.05) is 11.6 Å². The van der Waals surface area contributed by atoms with E-state index in [4.69, 9.17) is 12.2 Å². The first-order valence-electron chi connectivity index (χ1n) is 8.85. The van der Waals surface area contributed by atoms with E-state index in [0.717, 1.165) is 6.07 Å². The zero-order valence-corrected chi connectivity index (χ0v) is 16.6. The minimum atomic E-state index is -4.86. The van der Waals surface area contributed by atoms with Crippen LogP contribution < -0.4 is 10.3 Å². The van der Waals surface area contributed by atoms with Crippen LogP contribution in [0.25, 0.3) is 22.3 Å². The first kappa shape index (κ1) is 21.9. The molecule has 0 saturated heterocycles. The topological polar surface area (TPSA) is 59.9 Å². The second-order valence-corrected chi connectivity index (χ2v) is 6.93. The van der Waals surface area contributed by atoms with Gasteiger partial charge in [-0.05, 0) is 43.8 Å². The van der Waals surface area contributed by atoms with E-state index >= 15 is 0 Å². The highest BCUT2D eigenvalue weighted by Crippen LogP contribution is 2.36. The van der Waals surface area contributed by atoms with Crippen LogP contribution in [-0.4, -0.2) is 21.1 Å². The molecule has 3 aromatic rings. The van der Waals surface area contributed by atoms with Crippen LogP contribution in [0.5, 0.6) is 5.75 Å². The minimum Gasteiger partial charge on any atom is -0.435 e. The van der Waals surface area contributed by atoms with Crippen molar-refractivity contribution in [2.45, 2.75) is 39.1 Å². The molecule has 1 N–H and O–H groups in total. The van der Waals surface area contributed by atoms with Gasteiger partial charge in [-0.1, -0.05) is 19.1 Å². The number of ether oxygens (including phenoxy) is 1.